The van der Waals surface area contributed by atoms with Gasteiger partial charge in [0.1, 0.15) is 17.4 Å². The molecule has 0 aromatic heterocycles. The topological polar surface area (TPSA) is 62.1 Å². The molecule has 0 saturated heterocycles. The average molecular weight is 327 g/mol. The molecule has 0 unspecified atom stereocenters. The highest BCUT2D eigenvalue weighted by Crippen LogP contribution is 2.22. The van der Waals surface area contributed by atoms with Crippen molar-refractivity contribution in [3.8, 4) is 11.8 Å². The minimum absolute atomic E-state index is 0.0186. The third-order valence-corrected chi connectivity index (χ3v) is 3.33. The highest BCUT2D eigenvalue weighted by molar-refractivity contribution is 6.30. The molecular weight excluding hydrogens is 312 g/mol. The van der Waals surface area contributed by atoms with Crippen LogP contribution < -0.4 is 10.1 Å². The van der Waals surface area contributed by atoms with Crippen LogP contribution in [0.15, 0.2) is 48.0 Å². The van der Waals surface area contributed by atoms with Gasteiger partial charge in [-0.15, -0.1) is 0 Å². The van der Waals surface area contributed by atoms with Crippen molar-refractivity contribution in [2.75, 3.05) is 12.4 Å². The number of halogens is 1. The molecule has 0 atom stereocenters. The summed E-state index contributed by atoms with van der Waals surface area (Å²) in [4.78, 5) is 12.2. The molecule has 0 aliphatic carbocycles. The fraction of sp³-hybridized carbons (Fsp3) is 0.111. The predicted octanol–water partition coefficient (Wildman–Crippen LogP) is 4.20. The molecule has 0 fully saturated rings. The standard InChI is InChI=1S/C18H15ClN2O2/c1-12-3-5-16(6-4-12)21-18(22)14(11-20)7-13-8-15(19)10-17(9-13)23-2/h3-10H,1-2H3,(H,21,22)/b14-7+. The Balaban J connectivity index is 2.24. The Hall–Kier alpha value is -2.77. The Bertz CT molecular complexity index is 790. The first-order valence-corrected chi connectivity index (χ1v) is 7.24. The first-order chi connectivity index (χ1) is 11.0. The molecule has 2 aromatic carbocycles. The summed E-state index contributed by atoms with van der Waals surface area (Å²) in [6.07, 6.45) is 1.47. The number of amides is 1. The lowest BCUT2D eigenvalue weighted by molar-refractivity contribution is -0.112. The number of carbonyl (C=O) groups is 1. The Morgan fingerprint density at radius 1 is 1.26 bits per heavy atom. The number of anilines is 1. The van der Waals surface area contributed by atoms with Crippen LogP contribution in [0.5, 0.6) is 5.75 Å². The third kappa shape index (κ3) is 4.60. The summed E-state index contributed by atoms with van der Waals surface area (Å²) in [7, 11) is 1.52. The normalized spacial score (nSPS) is 10.8. The zero-order chi connectivity index (χ0) is 16.8. The molecule has 4 nitrogen and oxygen atoms in total. The summed E-state index contributed by atoms with van der Waals surface area (Å²) in [5, 5.41) is 12.4. The van der Waals surface area contributed by atoms with Gasteiger partial charge in [0.25, 0.3) is 5.91 Å². The lowest BCUT2D eigenvalue weighted by Crippen LogP contribution is -2.13. The molecule has 0 saturated carbocycles. The minimum atomic E-state index is -0.477. The Labute approximate surface area is 140 Å². The Morgan fingerprint density at radius 3 is 2.57 bits per heavy atom. The minimum Gasteiger partial charge on any atom is -0.497 e. The van der Waals surface area contributed by atoms with E-state index in [0.717, 1.165) is 5.56 Å². The zero-order valence-electron chi connectivity index (χ0n) is 12.8. The Morgan fingerprint density at radius 2 is 1.96 bits per heavy atom. The first kappa shape index (κ1) is 16.6. The van der Waals surface area contributed by atoms with Gasteiger partial charge in [-0.2, -0.15) is 5.26 Å². The van der Waals surface area contributed by atoms with Gasteiger partial charge in [0, 0.05) is 10.7 Å². The van der Waals surface area contributed by atoms with Crippen LogP contribution in [0.1, 0.15) is 11.1 Å². The van der Waals surface area contributed by atoms with E-state index in [1.54, 1.807) is 30.3 Å². The fourth-order valence-corrected chi connectivity index (χ4v) is 2.17. The Kier molecular flexibility index (Phi) is 5.40. The highest BCUT2D eigenvalue weighted by Gasteiger charge is 2.10. The summed E-state index contributed by atoms with van der Waals surface area (Å²) in [5.74, 6) is 0.0790. The van der Waals surface area contributed by atoms with E-state index in [9.17, 15) is 10.1 Å². The van der Waals surface area contributed by atoms with Crippen LogP contribution in [0.4, 0.5) is 5.69 Å². The zero-order valence-corrected chi connectivity index (χ0v) is 13.5. The van der Waals surface area contributed by atoms with Gasteiger partial charge < -0.3 is 10.1 Å². The number of hydrogen-bond acceptors (Lipinski definition) is 3. The summed E-state index contributed by atoms with van der Waals surface area (Å²) < 4.78 is 5.12. The SMILES string of the molecule is COc1cc(Cl)cc(/C=C(\C#N)C(=O)Nc2ccc(C)cc2)c1. The fourth-order valence-electron chi connectivity index (χ4n) is 1.94. The van der Waals surface area contributed by atoms with Crippen LogP contribution >= 0.6 is 11.6 Å². The molecule has 0 bridgehead atoms. The molecule has 5 heteroatoms. The molecule has 1 amide bonds. The molecule has 2 aromatic rings. The van der Waals surface area contributed by atoms with Crippen molar-refractivity contribution < 1.29 is 9.53 Å². The van der Waals surface area contributed by atoms with E-state index in [-0.39, 0.29) is 5.57 Å². The largest absolute Gasteiger partial charge is 0.497 e. The van der Waals surface area contributed by atoms with E-state index in [1.165, 1.54) is 13.2 Å². The molecule has 2 rings (SSSR count). The number of rotatable bonds is 4. The molecule has 0 aliphatic heterocycles. The smallest absolute Gasteiger partial charge is 0.266 e. The van der Waals surface area contributed by atoms with Crippen molar-refractivity contribution in [2.45, 2.75) is 6.92 Å². The van der Waals surface area contributed by atoms with Crippen LogP contribution in [-0.4, -0.2) is 13.0 Å². The van der Waals surface area contributed by atoms with Crippen LogP contribution in [0.3, 0.4) is 0 Å². The molecule has 0 aliphatic rings. The molecule has 0 radical (unpaired) electrons. The summed E-state index contributed by atoms with van der Waals surface area (Å²) in [5.41, 5.74) is 2.32. The van der Waals surface area contributed by atoms with E-state index in [2.05, 4.69) is 5.32 Å². The molecule has 1 N–H and O–H groups in total. The second kappa shape index (κ2) is 7.48. The van der Waals surface area contributed by atoms with Gasteiger partial charge in [0.05, 0.1) is 7.11 Å². The number of carbonyl (C=O) groups excluding carboxylic acids is 1. The number of nitrogens with zero attached hydrogens (tertiary/aromatic N) is 1. The summed E-state index contributed by atoms with van der Waals surface area (Å²) in [6, 6.07) is 14.2. The molecule has 116 valence electrons. The van der Waals surface area contributed by atoms with E-state index < -0.39 is 5.91 Å². The third-order valence-electron chi connectivity index (χ3n) is 3.11. The van der Waals surface area contributed by atoms with Crippen molar-refractivity contribution in [3.63, 3.8) is 0 Å². The monoisotopic (exact) mass is 326 g/mol. The first-order valence-electron chi connectivity index (χ1n) is 6.86. The van der Waals surface area contributed by atoms with Gasteiger partial charge in [0.15, 0.2) is 0 Å². The maximum absolute atomic E-state index is 12.2. The van der Waals surface area contributed by atoms with E-state index in [0.29, 0.717) is 22.0 Å². The van der Waals surface area contributed by atoms with Crippen LogP contribution in [-0.2, 0) is 4.79 Å². The number of ether oxygens (including phenoxy) is 1. The van der Waals surface area contributed by atoms with Crippen molar-refractivity contribution in [2.24, 2.45) is 0 Å². The van der Waals surface area contributed by atoms with Crippen LogP contribution in [0.25, 0.3) is 6.08 Å². The van der Waals surface area contributed by atoms with Crippen LogP contribution in [0.2, 0.25) is 5.02 Å². The van der Waals surface area contributed by atoms with Gasteiger partial charge in [-0.05, 0) is 48.9 Å². The maximum Gasteiger partial charge on any atom is 0.266 e. The number of aryl methyl sites for hydroxylation is 1. The number of benzene rings is 2. The molecule has 0 spiro atoms. The number of methoxy groups -OCH3 is 1. The molecule has 0 heterocycles. The van der Waals surface area contributed by atoms with Crippen molar-refractivity contribution >= 4 is 29.3 Å². The number of nitriles is 1. The van der Waals surface area contributed by atoms with Crippen LogP contribution in [0, 0.1) is 18.3 Å². The highest BCUT2D eigenvalue weighted by atomic mass is 35.5. The summed E-state index contributed by atoms with van der Waals surface area (Å²) >= 11 is 5.99. The molecule has 23 heavy (non-hydrogen) atoms. The van der Waals surface area contributed by atoms with Crippen molar-refractivity contribution in [3.05, 3.63) is 64.2 Å². The van der Waals surface area contributed by atoms with E-state index in [4.69, 9.17) is 16.3 Å². The molecular formula is C18H15ClN2O2. The van der Waals surface area contributed by atoms with Crippen molar-refractivity contribution in [1.29, 1.82) is 5.26 Å². The second-order valence-electron chi connectivity index (χ2n) is 4.91. The average Bonchev–Trinajstić information content (AvgIpc) is 2.54. The summed E-state index contributed by atoms with van der Waals surface area (Å²) in [6.45, 7) is 1.96. The number of hydrogen-bond donors (Lipinski definition) is 1. The second-order valence-corrected chi connectivity index (χ2v) is 5.35. The predicted molar refractivity (Wildman–Crippen MR) is 91.4 cm³/mol. The van der Waals surface area contributed by atoms with Gasteiger partial charge in [0.2, 0.25) is 0 Å². The van der Waals surface area contributed by atoms with Gasteiger partial charge in [-0.25, -0.2) is 0 Å². The van der Waals surface area contributed by atoms with Gasteiger partial charge in [-0.1, -0.05) is 29.3 Å². The number of nitrogens with one attached hydrogen (secondary N) is 1. The van der Waals surface area contributed by atoms with E-state index in [1.807, 2.05) is 25.1 Å². The lowest BCUT2D eigenvalue weighted by atomic mass is 10.1. The maximum atomic E-state index is 12.2. The van der Waals surface area contributed by atoms with Gasteiger partial charge in [-0.3, -0.25) is 4.79 Å². The van der Waals surface area contributed by atoms with Crippen molar-refractivity contribution in [1.82, 2.24) is 0 Å². The quantitative estimate of drug-likeness (QED) is 0.676. The van der Waals surface area contributed by atoms with Gasteiger partial charge >= 0.3 is 0 Å². The van der Waals surface area contributed by atoms with E-state index >= 15 is 0 Å². The lowest BCUT2D eigenvalue weighted by Gasteiger charge is -2.06.